The lowest BCUT2D eigenvalue weighted by Crippen LogP contribution is -2.49. The van der Waals surface area contributed by atoms with Gasteiger partial charge in [-0.1, -0.05) is 59.9 Å². The Kier molecular flexibility index (Phi) is 5.07. The maximum absolute atomic E-state index is 12.7. The smallest absolute Gasteiger partial charge is 0.409 e. The predicted octanol–water partition coefficient (Wildman–Crippen LogP) is 3.91. The minimum absolute atomic E-state index is 0.0439. The number of hydrogen-bond donors (Lipinski definition) is 1. The van der Waals surface area contributed by atoms with E-state index in [4.69, 9.17) is 9.84 Å². The van der Waals surface area contributed by atoms with E-state index in [9.17, 15) is 9.59 Å². The number of ether oxygens (including phenoxy) is 1. The predicted molar refractivity (Wildman–Crippen MR) is 118 cm³/mol. The molecule has 0 radical (unpaired) electrons. The zero-order valence-corrected chi connectivity index (χ0v) is 17.5. The Balaban J connectivity index is 1.21. The van der Waals surface area contributed by atoms with Gasteiger partial charge in [-0.25, -0.2) is 14.6 Å². The maximum Gasteiger partial charge on any atom is 0.409 e. The van der Waals surface area contributed by atoms with Crippen molar-refractivity contribution < 1.29 is 19.4 Å². The number of thiazole rings is 1. The molecule has 31 heavy (non-hydrogen) atoms. The van der Waals surface area contributed by atoms with Crippen LogP contribution in [0.5, 0.6) is 0 Å². The summed E-state index contributed by atoms with van der Waals surface area (Å²) in [6.45, 7) is 2.52. The number of aromatic carboxylic acids is 1. The third-order valence-corrected chi connectivity index (χ3v) is 6.89. The van der Waals surface area contributed by atoms with Gasteiger partial charge in [0.2, 0.25) is 0 Å². The average molecular weight is 436 g/mol. The zero-order chi connectivity index (χ0) is 21.4. The normalized spacial score (nSPS) is 15.5. The Morgan fingerprint density at radius 3 is 2.19 bits per heavy atom. The van der Waals surface area contributed by atoms with Crippen LogP contribution in [0, 0.1) is 0 Å². The van der Waals surface area contributed by atoms with Gasteiger partial charge in [0, 0.05) is 32.1 Å². The van der Waals surface area contributed by atoms with Crippen LogP contribution in [0.4, 0.5) is 9.93 Å². The Morgan fingerprint density at radius 2 is 1.61 bits per heavy atom. The van der Waals surface area contributed by atoms with Gasteiger partial charge >= 0.3 is 12.1 Å². The molecule has 5 rings (SSSR count). The van der Waals surface area contributed by atoms with E-state index in [1.54, 1.807) is 4.90 Å². The standard InChI is InChI=1S/C23H21N3O4S/c27-21(28)20-13-24-22(31-20)25-9-11-26(12-10-25)23(29)30-14-19-17-7-3-1-5-15(17)16-6-2-4-8-18(16)19/h1-8,13,19H,9-12,14H2,(H,27,28). The molecular formula is C23H21N3O4S. The quantitative estimate of drug-likeness (QED) is 0.669. The van der Waals surface area contributed by atoms with Gasteiger partial charge in [0.05, 0.1) is 6.20 Å². The fraction of sp³-hybridized carbons (Fsp3) is 0.261. The van der Waals surface area contributed by atoms with Crippen molar-refractivity contribution in [3.8, 4) is 11.1 Å². The van der Waals surface area contributed by atoms with Gasteiger partial charge in [-0.2, -0.15) is 0 Å². The highest BCUT2D eigenvalue weighted by Crippen LogP contribution is 2.44. The number of fused-ring (bicyclic) bond motifs is 3. The van der Waals surface area contributed by atoms with Gasteiger partial charge in [-0.3, -0.25) is 0 Å². The molecule has 7 nitrogen and oxygen atoms in total. The number of nitrogens with zero attached hydrogens (tertiary/aromatic N) is 3. The number of carboxylic acid groups (broad SMARTS) is 1. The van der Waals surface area contributed by atoms with Crippen LogP contribution >= 0.6 is 11.3 Å². The van der Waals surface area contributed by atoms with Gasteiger partial charge in [0.25, 0.3) is 0 Å². The summed E-state index contributed by atoms with van der Waals surface area (Å²) in [5.41, 5.74) is 4.80. The molecule has 0 unspecified atom stereocenters. The summed E-state index contributed by atoms with van der Waals surface area (Å²) in [6, 6.07) is 16.5. The monoisotopic (exact) mass is 435 g/mol. The minimum Gasteiger partial charge on any atom is -0.477 e. The first kappa shape index (κ1) is 19.6. The molecule has 8 heteroatoms. The first-order chi connectivity index (χ1) is 15.1. The molecule has 2 heterocycles. The molecule has 1 amide bonds. The summed E-state index contributed by atoms with van der Waals surface area (Å²) in [4.78, 5) is 31.9. The van der Waals surface area contributed by atoms with E-state index in [1.165, 1.54) is 28.5 Å². The van der Waals surface area contributed by atoms with Gasteiger partial charge < -0.3 is 19.6 Å². The van der Waals surface area contributed by atoms with Crippen molar-refractivity contribution >= 4 is 28.5 Å². The summed E-state index contributed by atoms with van der Waals surface area (Å²) in [7, 11) is 0. The summed E-state index contributed by atoms with van der Waals surface area (Å²) in [6.07, 6.45) is 1.06. The van der Waals surface area contributed by atoms with Crippen molar-refractivity contribution in [2.45, 2.75) is 5.92 Å². The molecule has 2 aliphatic rings. The molecule has 0 saturated carbocycles. The van der Waals surface area contributed by atoms with Gasteiger partial charge in [0.1, 0.15) is 11.5 Å². The fourth-order valence-corrected chi connectivity index (χ4v) is 5.08. The van der Waals surface area contributed by atoms with Crippen molar-refractivity contribution in [1.82, 2.24) is 9.88 Å². The van der Waals surface area contributed by atoms with E-state index in [2.05, 4.69) is 29.2 Å². The Morgan fingerprint density at radius 1 is 1.00 bits per heavy atom. The lowest BCUT2D eigenvalue weighted by atomic mass is 9.98. The first-order valence-electron chi connectivity index (χ1n) is 10.2. The summed E-state index contributed by atoms with van der Waals surface area (Å²) in [5.74, 6) is -0.927. The Hall–Kier alpha value is -3.39. The number of carboxylic acids is 1. The molecular weight excluding hydrogens is 414 g/mol. The molecule has 1 aromatic heterocycles. The molecule has 1 N–H and O–H groups in total. The number of aromatic nitrogens is 1. The van der Waals surface area contributed by atoms with E-state index in [0.717, 1.165) is 11.3 Å². The van der Waals surface area contributed by atoms with Crippen molar-refractivity contribution in [3.05, 3.63) is 70.7 Å². The molecule has 1 saturated heterocycles. The molecule has 1 aliphatic heterocycles. The van der Waals surface area contributed by atoms with E-state index in [0.29, 0.717) is 37.9 Å². The lowest BCUT2D eigenvalue weighted by molar-refractivity contribution is 0.0701. The van der Waals surface area contributed by atoms with Crippen LogP contribution in [0.3, 0.4) is 0 Å². The van der Waals surface area contributed by atoms with Crippen molar-refractivity contribution in [2.24, 2.45) is 0 Å². The number of carbonyl (C=O) groups excluding carboxylic acids is 1. The van der Waals surface area contributed by atoms with Crippen LogP contribution in [0.1, 0.15) is 26.7 Å². The summed E-state index contributed by atoms with van der Waals surface area (Å²) < 4.78 is 5.73. The van der Waals surface area contributed by atoms with Gasteiger partial charge in [-0.05, 0) is 22.3 Å². The molecule has 158 valence electrons. The number of benzene rings is 2. The number of carbonyl (C=O) groups is 2. The van der Waals surface area contributed by atoms with E-state index in [1.807, 2.05) is 29.2 Å². The largest absolute Gasteiger partial charge is 0.477 e. The molecule has 1 fully saturated rings. The second kappa shape index (κ2) is 8.03. The third-order valence-electron chi connectivity index (χ3n) is 5.85. The molecule has 0 spiro atoms. The molecule has 1 aliphatic carbocycles. The lowest BCUT2D eigenvalue weighted by Gasteiger charge is -2.34. The van der Waals surface area contributed by atoms with Gasteiger partial charge in [0.15, 0.2) is 5.13 Å². The third kappa shape index (κ3) is 3.63. The van der Waals surface area contributed by atoms with Crippen LogP contribution < -0.4 is 4.90 Å². The van der Waals surface area contributed by atoms with Crippen molar-refractivity contribution in [2.75, 3.05) is 37.7 Å². The first-order valence-corrected chi connectivity index (χ1v) is 11.0. The van der Waals surface area contributed by atoms with Crippen LogP contribution in [0.25, 0.3) is 11.1 Å². The molecule has 0 atom stereocenters. The summed E-state index contributed by atoms with van der Waals surface area (Å²) in [5, 5.41) is 9.74. The molecule has 0 bridgehead atoms. The van der Waals surface area contributed by atoms with Crippen LogP contribution in [0.15, 0.2) is 54.7 Å². The summed E-state index contributed by atoms with van der Waals surface area (Å²) >= 11 is 1.15. The topological polar surface area (TPSA) is 83.0 Å². The minimum atomic E-state index is -0.971. The van der Waals surface area contributed by atoms with E-state index in [-0.39, 0.29) is 16.9 Å². The Bertz CT molecular complexity index is 1090. The number of anilines is 1. The van der Waals surface area contributed by atoms with Crippen LogP contribution in [-0.2, 0) is 4.74 Å². The molecule has 3 aromatic rings. The zero-order valence-electron chi connectivity index (χ0n) is 16.7. The van der Waals surface area contributed by atoms with Crippen molar-refractivity contribution in [1.29, 1.82) is 0 Å². The highest BCUT2D eigenvalue weighted by molar-refractivity contribution is 7.17. The number of hydrogen-bond acceptors (Lipinski definition) is 6. The van der Waals surface area contributed by atoms with Crippen LogP contribution in [0.2, 0.25) is 0 Å². The number of amides is 1. The highest BCUT2D eigenvalue weighted by Gasteiger charge is 2.30. The number of rotatable bonds is 4. The van der Waals surface area contributed by atoms with Gasteiger partial charge in [-0.15, -0.1) is 0 Å². The second-order valence-corrected chi connectivity index (χ2v) is 8.60. The van der Waals surface area contributed by atoms with Crippen LogP contribution in [-0.4, -0.2) is 59.8 Å². The van der Waals surface area contributed by atoms with Crippen molar-refractivity contribution in [3.63, 3.8) is 0 Å². The molecule has 2 aromatic carbocycles. The highest BCUT2D eigenvalue weighted by atomic mass is 32.1. The SMILES string of the molecule is O=C(O)c1cnc(N2CCN(C(=O)OCC3c4ccccc4-c4ccccc43)CC2)s1. The number of piperazine rings is 1. The Labute approximate surface area is 183 Å². The fourth-order valence-electron chi connectivity index (χ4n) is 4.28. The van der Waals surface area contributed by atoms with E-state index >= 15 is 0 Å². The van der Waals surface area contributed by atoms with E-state index < -0.39 is 5.97 Å². The maximum atomic E-state index is 12.7. The average Bonchev–Trinajstić information content (AvgIpc) is 3.42. The second-order valence-electron chi connectivity index (χ2n) is 7.59.